The number of carbonyl (C=O) groups is 1. The van der Waals surface area contributed by atoms with Crippen LogP contribution in [0.2, 0.25) is 0 Å². The minimum absolute atomic E-state index is 0.0360. The fourth-order valence-corrected chi connectivity index (χ4v) is 5.75. The minimum Gasteiger partial charge on any atom is -0.502 e. The highest BCUT2D eigenvalue weighted by atomic mass is 32.2. The number of aliphatic hydroxyl groups excluding tert-OH is 1. The molecule has 1 aliphatic heterocycles. The Morgan fingerprint density at radius 3 is 2.06 bits per heavy atom. The lowest BCUT2D eigenvalue weighted by molar-refractivity contribution is -0.130. The molecule has 0 aliphatic carbocycles. The van der Waals surface area contributed by atoms with Gasteiger partial charge < -0.3 is 14.7 Å². The molecule has 3 aromatic rings. The van der Waals surface area contributed by atoms with E-state index in [9.17, 15) is 18.3 Å². The second kappa shape index (κ2) is 9.35. The van der Waals surface area contributed by atoms with Crippen molar-refractivity contribution in [2.75, 3.05) is 7.11 Å². The van der Waals surface area contributed by atoms with Crippen molar-refractivity contribution in [3.05, 3.63) is 106 Å². The van der Waals surface area contributed by atoms with Gasteiger partial charge in [-0.3, -0.25) is 4.79 Å². The van der Waals surface area contributed by atoms with Gasteiger partial charge in [-0.2, -0.15) is 0 Å². The van der Waals surface area contributed by atoms with Gasteiger partial charge in [0.1, 0.15) is 10.7 Å². The van der Waals surface area contributed by atoms with Gasteiger partial charge in [-0.1, -0.05) is 61.0 Å². The van der Waals surface area contributed by atoms with Gasteiger partial charge in [0.05, 0.1) is 18.0 Å². The number of hydrogen-bond acceptors (Lipinski definition) is 5. The topological polar surface area (TPSA) is 83.9 Å². The zero-order valence-corrected chi connectivity index (χ0v) is 20.2. The predicted molar refractivity (Wildman–Crippen MR) is 130 cm³/mol. The van der Waals surface area contributed by atoms with Crippen LogP contribution in [0.25, 0.3) is 0 Å². The first-order valence-electron chi connectivity index (χ1n) is 11.0. The number of ether oxygens (including phenoxy) is 1. The number of nitrogens with zero attached hydrogens (tertiary/aromatic N) is 1. The van der Waals surface area contributed by atoms with E-state index in [0.717, 1.165) is 23.1 Å². The lowest BCUT2D eigenvalue weighted by Gasteiger charge is -2.27. The number of amides is 1. The van der Waals surface area contributed by atoms with Gasteiger partial charge in [0, 0.05) is 6.54 Å². The van der Waals surface area contributed by atoms with Crippen molar-refractivity contribution in [1.29, 1.82) is 0 Å². The van der Waals surface area contributed by atoms with Gasteiger partial charge in [-0.05, 0) is 54.3 Å². The number of aliphatic hydroxyl groups is 1. The summed E-state index contributed by atoms with van der Waals surface area (Å²) in [4.78, 5) is 14.4. The third-order valence-electron chi connectivity index (χ3n) is 6.09. The van der Waals surface area contributed by atoms with Crippen molar-refractivity contribution in [1.82, 2.24) is 4.90 Å². The largest absolute Gasteiger partial charge is 0.502 e. The van der Waals surface area contributed by atoms with E-state index in [-0.39, 0.29) is 16.3 Å². The van der Waals surface area contributed by atoms with Crippen LogP contribution >= 0.6 is 0 Å². The van der Waals surface area contributed by atoms with Gasteiger partial charge in [0.15, 0.2) is 5.76 Å². The van der Waals surface area contributed by atoms with Crippen molar-refractivity contribution in [2.24, 2.45) is 0 Å². The van der Waals surface area contributed by atoms with Crippen LogP contribution in [0.5, 0.6) is 5.75 Å². The second-order valence-corrected chi connectivity index (χ2v) is 10.2. The van der Waals surface area contributed by atoms with Crippen LogP contribution in [-0.2, 0) is 27.6 Å². The third-order valence-corrected chi connectivity index (χ3v) is 7.98. The second-order valence-electron chi connectivity index (χ2n) is 8.31. The number of sulfone groups is 1. The molecule has 3 aromatic carbocycles. The van der Waals surface area contributed by atoms with Gasteiger partial charge in [-0.25, -0.2) is 8.42 Å². The van der Waals surface area contributed by atoms with Crippen molar-refractivity contribution < 1.29 is 23.1 Å². The fourth-order valence-electron chi connectivity index (χ4n) is 4.11. The number of hydrogen-bond donors (Lipinski definition) is 1. The number of rotatable bonds is 7. The van der Waals surface area contributed by atoms with Gasteiger partial charge in [0.2, 0.25) is 9.84 Å². The molecule has 0 aromatic heterocycles. The van der Waals surface area contributed by atoms with Crippen LogP contribution in [0.3, 0.4) is 0 Å². The first-order valence-corrected chi connectivity index (χ1v) is 12.5. The molecule has 1 amide bonds. The molecule has 0 fully saturated rings. The van der Waals surface area contributed by atoms with Gasteiger partial charge in [0.25, 0.3) is 5.91 Å². The summed E-state index contributed by atoms with van der Waals surface area (Å²) >= 11 is 0. The lowest BCUT2D eigenvalue weighted by atomic mass is 10.0. The summed E-state index contributed by atoms with van der Waals surface area (Å²) in [5.74, 6) is -0.781. The Labute approximate surface area is 200 Å². The molecule has 0 saturated heterocycles. The van der Waals surface area contributed by atoms with Crippen molar-refractivity contribution >= 4 is 15.7 Å². The lowest BCUT2D eigenvalue weighted by Crippen LogP contribution is -2.30. The zero-order chi connectivity index (χ0) is 24.5. The third kappa shape index (κ3) is 4.31. The summed E-state index contributed by atoms with van der Waals surface area (Å²) in [5, 5.41) is 10.9. The fraction of sp³-hybridized carbons (Fsp3) is 0.222. The highest BCUT2D eigenvalue weighted by Gasteiger charge is 2.46. The monoisotopic (exact) mass is 477 g/mol. The molecule has 176 valence electrons. The average Bonchev–Trinajstić information content (AvgIpc) is 3.10. The van der Waals surface area contributed by atoms with E-state index in [4.69, 9.17) is 4.74 Å². The molecule has 6 nitrogen and oxygen atoms in total. The summed E-state index contributed by atoms with van der Waals surface area (Å²) in [5.41, 5.74) is 3.40. The first kappa shape index (κ1) is 23.6. The molecule has 1 heterocycles. The molecule has 0 radical (unpaired) electrons. The number of benzene rings is 3. The molecular weight excluding hydrogens is 450 g/mol. The normalized spacial score (nSPS) is 16.3. The van der Waals surface area contributed by atoms with Crippen molar-refractivity contribution in [3.63, 3.8) is 0 Å². The molecule has 0 bridgehead atoms. The summed E-state index contributed by atoms with van der Waals surface area (Å²) in [6, 6.07) is 20.1. The Kier molecular flexibility index (Phi) is 6.48. The minimum atomic E-state index is -4.14. The van der Waals surface area contributed by atoms with Crippen LogP contribution in [0.4, 0.5) is 0 Å². The summed E-state index contributed by atoms with van der Waals surface area (Å²) in [6.45, 7) is 4.02. The van der Waals surface area contributed by atoms with Crippen LogP contribution in [0.15, 0.2) is 88.4 Å². The van der Waals surface area contributed by atoms with Crippen LogP contribution in [-0.4, -0.2) is 31.4 Å². The smallest absolute Gasteiger partial charge is 0.290 e. The molecule has 34 heavy (non-hydrogen) atoms. The van der Waals surface area contributed by atoms with Crippen molar-refractivity contribution in [3.8, 4) is 5.75 Å². The van der Waals surface area contributed by atoms with Crippen LogP contribution < -0.4 is 4.74 Å². The van der Waals surface area contributed by atoms with Crippen molar-refractivity contribution in [2.45, 2.75) is 37.8 Å². The maximum Gasteiger partial charge on any atom is 0.290 e. The quantitative estimate of drug-likeness (QED) is 0.524. The van der Waals surface area contributed by atoms with Crippen LogP contribution in [0, 0.1) is 6.92 Å². The first-order chi connectivity index (χ1) is 16.3. The zero-order valence-electron chi connectivity index (χ0n) is 19.4. The Hall–Kier alpha value is -3.58. The van der Waals surface area contributed by atoms with E-state index in [1.165, 1.54) is 17.0 Å². The SMILES string of the molecule is CCc1ccc(C2C(S(=O)(=O)c3ccc(C)cc3)=C(O)C(=O)N2Cc2ccc(OC)cc2)cc1. The Bertz CT molecular complexity index is 1330. The Morgan fingerprint density at radius 1 is 0.912 bits per heavy atom. The van der Waals surface area contributed by atoms with Gasteiger partial charge in [-0.15, -0.1) is 0 Å². The van der Waals surface area contributed by atoms with Gasteiger partial charge >= 0.3 is 0 Å². The van der Waals surface area contributed by atoms with E-state index >= 15 is 0 Å². The van der Waals surface area contributed by atoms with E-state index in [0.29, 0.717) is 11.3 Å². The summed E-state index contributed by atoms with van der Waals surface area (Å²) in [7, 11) is -2.57. The molecule has 7 heteroatoms. The van der Waals surface area contributed by atoms with E-state index in [1.54, 1.807) is 31.4 Å². The average molecular weight is 478 g/mol. The standard InChI is InChI=1S/C27H27NO5S/c1-4-19-7-11-21(12-8-19)24-26(34(31,32)23-15-5-18(2)6-16-23)25(29)27(30)28(24)17-20-9-13-22(33-3)14-10-20/h5-16,24,29H,4,17H2,1-3H3. The Morgan fingerprint density at radius 2 is 1.50 bits per heavy atom. The molecule has 0 spiro atoms. The van der Waals surface area contributed by atoms with E-state index in [1.807, 2.05) is 50.2 Å². The molecule has 1 atom stereocenters. The van der Waals surface area contributed by atoms with Crippen LogP contribution in [0.1, 0.15) is 35.2 Å². The molecule has 1 unspecified atom stereocenters. The highest BCUT2D eigenvalue weighted by Crippen LogP contribution is 2.43. The number of aryl methyl sites for hydroxylation is 2. The maximum absolute atomic E-state index is 13.7. The summed E-state index contributed by atoms with van der Waals surface area (Å²) < 4.78 is 32.6. The van der Waals surface area contributed by atoms with E-state index in [2.05, 4.69) is 0 Å². The molecule has 4 rings (SSSR count). The maximum atomic E-state index is 13.7. The van der Waals surface area contributed by atoms with E-state index < -0.39 is 27.5 Å². The predicted octanol–water partition coefficient (Wildman–Crippen LogP) is 4.89. The molecule has 0 saturated carbocycles. The Balaban J connectivity index is 1.82. The molecule has 1 N–H and O–H groups in total. The summed E-state index contributed by atoms with van der Waals surface area (Å²) in [6.07, 6.45) is 0.828. The number of carbonyl (C=O) groups excluding carboxylic acids is 1. The molecular formula is C27H27NO5S. The molecule has 1 aliphatic rings. The number of methoxy groups -OCH3 is 1. The highest BCUT2D eigenvalue weighted by molar-refractivity contribution is 7.95.